The molecule has 110 valence electrons. The van der Waals surface area contributed by atoms with Gasteiger partial charge in [0.15, 0.2) is 0 Å². The van der Waals surface area contributed by atoms with E-state index in [1.807, 2.05) is 49.4 Å². The largest absolute Gasteiger partial charge is 0.478 e. The molecule has 2 aromatic carbocycles. The molecule has 3 rings (SSSR count). The number of para-hydroxylation sites is 1. The number of hydrogen-bond donors (Lipinski definition) is 2. The zero-order valence-corrected chi connectivity index (χ0v) is 12.2. The van der Waals surface area contributed by atoms with E-state index in [1.54, 1.807) is 12.3 Å². The Morgan fingerprint density at radius 2 is 2.00 bits per heavy atom. The molecular formula is C18H16N2O2. The fraction of sp³-hybridized carbons (Fsp3) is 0.111. The maximum absolute atomic E-state index is 11.0. The standard InChI is InChI=1S/C18H16N2O2/c1-12-10-13(7-8-15(12)18(21)22)11-20-16-6-2-4-14-5-3-9-19-17(14)16/h2-10,20H,11H2,1H3,(H,21,22). The number of aromatic carboxylic acids is 1. The van der Waals surface area contributed by atoms with E-state index in [1.165, 1.54) is 0 Å². The average Bonchev–Trinajstić information content (AvgIpc) is 2.52. The minimum atomic E-state index is -0.893. The van der Waals surface area contributed by atoms with Gasteiger partial charge in [-0.25, -0.2) is 4.79 Å². The van der Waals surface area contributed by atoms with Gasteiger partial charge in [0.05, 0.1) is 16.8 Å². The molecule has 0 radical (unpaired) electrons. The Balaban J connectivity index is 1.82. The normalized spacial score (nSPS) is 10.6. The van der Waals surface area contributed by atoms with Crippen molar-refractivity contribution >= 4 is 22.6 Å². The Labute approximate surface area is 128 Å². The van der Waals surface area contributed by atoms with Crippen LogP contribution in [-0.2, 0) is 6.54 Å². The summed E-state index contributed by atoms with van der Waals surface area (Å²) in [5.41, 5.74) is 4.05. The number of benzene rings is 2. The van der Waals surface area contributed by atoms with Crippen LogP contribution in [0.1, 0.15) is 21.5 Å². The van der Waals surface area contributed by atoms with Crippen LogP contribution in [0, 0.1) is 6.92 Å². The van der Waals surface area contributed by atoms with Gasteiger partial charge in [0.2, 0.25) is 0 Å². The highest BCUT2D eigenvalue weighted by molar-refractivity contribution is 5.90. The van der Waals surface area contributed by atoms with Gasteiger partial charge in [0.1, 0.15) is 0 Å². The lowest BCUT2D eigenvalue weighted by atomic mass is 10.1. The maximum Gasteiger partial charge on any atom is 0.335 e. The van der Waals surface area contributed by atoms with E-state index >= 15 is 0 Å². The van der Waals surface area contributed by atoms with Crippen molar-refractivity contribution in [3.8, 4) is 0 Å². The molecule has 0 amide bonds. The van der Waals surface area contributed by atoms with Crippen molar-refractivity contribution in [2.75, 3.05) is 5.32 Å². The molecule has 0 atom stereocenters. The fourth-order valence-corrected chi connectivity index (χ4v) is 2.52. The minimum Gasteiger partial charge on any atom is -0.478 e. The highest BCUT2D eigenvalue weighted by Crippen LogP contribution is 2.21. The van der Waals surface area contributed by atoms with Crippen LogP contribution >= 0.6 is 0 Å². The minimum absolute atomic E-state index is 0.343. The molecule has 0 aliphatic carbocycles. The van der Waals surface area contributed by atoms with E-state index in [0.29, 0.717) is 12.1 Å². The second-order valence-corrected chi connectivity index (χ2v) is 5.19. The van der Waals surface area contributed by atoms with Crippen LogP contribution in [0.5, 0.6) is 0 Å². The highest BCUT2D eigenvalue weighted by Gasteiger charge is 2.07. The lowest BCUT2D eigenvalue weighted by molar-refractivity contribution is 0.0696. The van der Waals surface area contributed by atoms with Crippen LogP contribution in [-0.4, -0.2) is 16.1 Å². The van der Waals surface area contributed by atoms with E-state index in [4.69, 9.17) is 5.11 Å². The highest BCUT2D eigenvalue weighted by atomic mass is 16.4. The first kappa shape index (κ1) is 14.1. The third kappa shape index (κ3) is 2.76. The fourth-order valence-electron chi connectivity index (χ4n) is 2.52. The summed E-state index contributed by atoms with van der Waals surface area (Å²) < 4.78 is 0. The van der Waals surface area contributed by atoms with Crippen molar-refractivity contribution in [1.82, 2.24) is 4.98 Å². The van der Waals surface area contributed by atoms with Gasteiger partial charge in [0.25, 0.3) is 0 Å². The van der Waals surface area contributed by atoms with E-state index in [9.17, 15) is 4.79 Å². The van der Waals surface area contributed by atoms with E-state index in [-0.39, 0.29) is 0 Å². The summed E-state index contributed by atoms with van der Waals surface area (Å²) >= 11 is 0. The number of aryl methyl sites for hydroxylation is 1. The van der Waals surface area contributed by atoms with E-state index < -0.39 is 5.97 Å². The molecule has 0 spiro atoms. The molecule has 0 saturated carbocycles. The van der Waals surface area contributed by atoms with Gasteiger partial charge in [0, 0.05) is 18.1 Å². The van der Waals surface area contributed by atoms with E-state index in [2.05, 4.69) is 10.3 Å². The third-order valence-corrected chi connectivity index (χ3v) is 3.64. The summed E-state index contributed by atoms with van der Waals surface area (Å²) in [7, 11) is 0. The number of carbonyl (C=O) groups is 1. The summed E-state index contributed by atoms with van der Waals surface area (Å²) in [6.07, 6.45) is 1.78. The monoisotopic (exact) mass is 292 g/mol. The summed E-state index contributed by atoms with van der Waals surface area (Å²) in [4.78, 5) is 15.4. The number of carboxylic acids is 1. The first-order valence-electron chi connectivity index (χ1n) is 7.05. The number of carboxylic acid groups (broad SMARTS) is 1. The van der Waals surface area contributed by atoms with Crippen molar-refractivity contribution in [2.24, 2.45) is 0 Å². The number of nitrogens with zero attached hydrogens (tertiary/aromatic N) is 1. The van der Waals surface area contributed by atoms with Gasteiger partial charge in [-0.1, -0.05) is 30.3 Å². The second-order valence-electron chi connectivity index (χ2n) is 5.19. The Bertz CT molecular complexity index is 838. The van der Waals surface area contributed by atoms with Crippen molar-refractivity contribution in [3.05, 3.63) is 71.4 Å². The summed E-state index contributed by atoms with van der Waals surface area (Å²) in [5.74, 6) is -0.893. The van der Waals surface area contributed by atoms with Crippen molar-refractivity contribution in [1.29, 1.82) is 0 Å². The quantitative estimate of drug-likeness (QED) is 0.766. The van der Waals surface area contributed by atoms with Crippen LogP contribution in [0.3, 0.4) is 0 Å². The summed E-state index contributed by atoms with van der Waals surface area (Å²) in [5, 5.41) is 13.5. The number of fused-ring (bicyclic) bond motifs is 1. The zero-order valence-electron chi connectivity index (χ0n) is 12.2. The Morgan fingerprint density at radius 1 is 1.18 bits per heavy atom. The van der Waals surface area contributed by atoms with Gasteiger partial charge >= 0.3 is 5.97 Å². The molecule has 0 bridgehead atoms. The van der Waals surface area contributed by atoms with Crippen molar-refractivity contribution in [2.45, 2.75) is 13.5 Å². The molecular weight excluding hydrogens is 276 g/mol. The molecule has 22 heavy (non-hydrogen) atoms. The number of hydrogen-bond acceptors (Lipinski definition) is 3. The first-order chi connectivity index (χ1) is 10.6. The van der Waals surface area contributed by atoms with Crippen molar-refractivity contribution < 1.29 is 9.90 Å². The molecule has 0 fully saturated rings. The van der Waals surface area contributed by atoms with Crippen LogP contribution in [0.25, 0.3) is 10.9 Å². The van der Waals surface area contributed by atoms with Gasteiger partial charge in [-0.15, -0.1) is 0 Å². The van der Waals surface area contributed by atoms with Crippen LogP contribution in [0.4, 0.5) is 5.69 Å². The molecule has 2 N–H and O–H groups in total. The van der Waals surface area contributed by atoms with E-state index in [0.717, 1.165) is 27.7 Å². The number of rotatable bonds is 4. The van der Waals surface area contributed by atoms with Crippen LogP contribution < -0.4 is 5.32 Å². The lowest BCUT2D eigenvalue weighted by Crippen LogP contribution is -2.04. The van der Waals surface area contributed by atoms with Crippen LogP contribution in [0.2, 0.25) is 0 Å². The molecule has 3 aromatic rings. The zero-order chi connectivity index (χ0) is 15.5. The Morgan fingerprint density at radius 3 is 2.77 bits per heavy atom. The third-order valence-electron chi connectivity index (χ3n) is 3.64. The SMILES string of the molecule is Cc1cc(CNc2cccc3cccnc23)ccc1C(=O)O. The number of anilines is 1. The van der Waals surface area contributed by atoms with Gasteiger partial charge in [-0.05, 0) is 36.2 Å². The lowest BCUT2D eigenvalue weighted by Gasteiger charge is -2.10. The molecule has 0 aliphatic heterocycles. The molecule has 0 aliphatic rings. The van der Waals surface area contributed by atoms with Gasteiger partial charge in [-0.3, -0.25) is 4.98 Å². The predicted molar refractivity (Wildman–Crippen MR) is 87.2 cm³/mol. The number of aromatic nitrogens is 1. The molecule has 4 nitrogen and oxygen atoms in total. The topological polar surface area (TPSA) is 62.2 Å². The first-order valence-corrected chi connectivity index (χ1v) is 7.05. The van der Waals surface area contributed by atoms with Gasteiger partial charge in [-0.2, -0.15) is 0 Å². The second kappa shape index (κ2) is 5.85. The summed E-state index contributed by atoms with van der Waals surface area (Å²) in [6.45, 7) is 2.43. The number of pyridine rings is 1. The molecule has 1 aromatic heterocycles. The summed E-state index contributed by atoms with van der Waals surface area (Å²) in [6, 6.07) is 15.3. The maximum atomic E-state index is 11.0. The average molecular weight is 292 g/mol. The van der Waals surface area contributed by atoms with Crippen molar-refractivity contribution in [3.63, 3.8) is 0 Å². The molecule has 0 unspecified atom stereocenters. The van der Waals surface area contributed by atoms with Gasteiger partial charge < -0.3 is 10.4 Å². The molecule has 4 heteroatoms. The smallest absolute Gasteiger partial charge is 0.335 e. The Hall–Kier alpha value is -2.88. The number of nitrogens with one attached hydrogen (secondary N) is 1. The molecule has 1 heterocycles. The van der Waals surface area contributed by atoms with Crippen LogP contribution in [0.15, 0.2) is 54.7 Å². The molecule has 0 saturated heterocycles. The Kier molecular flexibility index (Phi) is 3.74. The predicted octanol–water partition coefficient (Wildman–Crippen LogP) is 3.85.